The SMILES string of the molecule is CCOc1nn(CC)cc1S(=O)(=O)N1C[C@H](CCC(=O)O)Oc2ccc(/C=C/c3c(F)cccc3F)cc21. The number of ether oxygens (including phenoxy) is 2. The third-order valence-corrected chi connectivity index (χ3v) is 7.67. The fourth-order valence-corrected chi connectivity index (χ4v) is 5.60. The van der Waals surface area contributed by atoms with Crippen LogP contribution in [0, 0.1) is 11.6 Å². The Hall–Kier alpha value is -3.93. The molecule has 1 N–H and O–H groups in total. The Balaban J connectivity index is 1.77. The Kier molecular flexibility index (Phi) is 8.00. The fraction of sp³-hybridized carbons (Fsp3) is 0.308. The van der Waals surface area contributed by atoms with Gasteiger partial charge in [-0.05, 0) is 56.2 Å². The van der Waals surface area contributed by atoms with Crippen LogP contribution >= 0.6 is 0 Å². The Morgan fingerprint density at radius 1 is 1.21 bits per heavy atom. The number of hydrogen-bond donors (Lipinski definition) is 1. The monoisotopic (exact) mass is 547 g/mol. The summed E-state index contributed by atoms with van der Waals surface area (Å²) in [4.78, 5) is 11.0. The first-order chi connectivity index (χ1) is 18.1. The average Bonchev–Trinajstić information content (AvgIpc) is 3.31. The van der Waals surface area contributed by atoms with Crippen LogP contribution in [0.1, 0.15) is 37.8 Å². The lowest BCUT2D eigenvalue weighted by molar-refractivity contribution is -0.137. The largest absolute Gasteiger partial charge is 0.486 e. The van der Waals surface area contributed by atoms with Crippen LogP contribution in [0.5, 0.6) is 11.6 Å². The minimum absolute atomic E-state index is 0.0458. The van der Waals surface area contributed by atoms with Gasteiger partial charge in [-0.2, -0.15) is 0 Å². The molecule has 9 nitrogen and oxygen atoms in total. The van der Waals surface area contributed by atoms with E-state index in [0.717, 1.165) is 16.4 Å². The maximum atomic E-state index is 14.1. The molecular formula is C26H27F2N3O6S. The zero-order chi connectivity index (χ0) is 27.4. The maximum absolute atomic E-state index is 14.1. The van der Waals surface area contributed by atoms with Crippen LogP contribution in [0.15, 0.2) is 47.5 Å². The van der Waals surface area contributed by atoms with Crippen LogP contribution in [-0.2, 0) is 21.4 Å². The summed E-state index contributed by atoms with van der Waals surface area (Å²) in [5.41, 5.74) is 0.431. The fourth-order valence-electron chi connectivity index (χ4n) is 4.02. The van der Waals surface area contributed by atoms with Crippen molar-refractivity contribution in [1.29, 1.82) is 0 Å². The number of anilines is 1. The second kappa shape index (κ2) is 11.2. The molecule has 0 amide bonds. The van der Waals surface area contributed by atoms with Gasteiger partial charge in [0.2, 0.25) is 0 Å². The molecule has 202 valence electrons. The maximum Gasteiger partial charge on any atom is 0.303 e. The molecule has 0 radical (unpaired) electrons. The van der Waals surface area contributed by atoms with E-state index >= 15 is 0 Å². The number of halogens is 2. The summed E-state index contributed by atoms with van der Waals surface area (Å²) in [5, 5.41) is 13.3. The normalized spacial score (nSPS) is 15.4. The van der Waals surface area contributed by atoms with E-state index < -0.39 is 33.7 Å². The molecule has 0 fully saturated rings. The third-order valence-electron chi connectivity index (χ3n) is 5.91. The number of aryl methyl sites for hydroxylation is 1. The molecule has 4 rings (SSSR count). The van der Waals surface area contributed by atoms with Gasteiger partial charge in [-0.25, -0.2) is 17.2 Å². The molecule has 12 heteroatoms. The number of aromatic nitrogens is 2. The first-order valence-electron chi connectivity index (χ1n) is 12.0. The molecule has 1 aromatic heterocycles. The standard InChI is InChI=1S/C26H27F2N3O6S/c1-3-30-16-24(26(29-30)36-4-2)38(34,35)31-15-18(10-13-25(32)33)37-23-12-9-17(14-22(23)31)8-11-19-20(27)6-5-7-21(19)28/h5-9,11-12,14,16,18H,3-4,10,13,15H2,1-2H3,(H,32,33)/b11-8+/t18-/m0/s1. The molecule has 0 saturated carbocycles. The number of aliphatic carboxylic acids is 1. The number of carbonyl (C=O) groups is 1. The number of fused-ring (bicyclic) bond motifs is 1. The lowest BCUT2D eigenvalue weighted by Crippen LogP contribution is -2.43. The molecule has 0 unspecified atom stereocenters. The highest BCUT2D eigenvalue weighted by Crippen LogP contribution is 2.40. The van der Waals surface area contributed by atoms with Crippen LogP contribution in [-0.4, -0.2) is 48.5 Å². The van der Waals surface area contributed by atoms with Crippen LogP contribution < -0.4 is 13.8 Å². The number of carboxylic acid groups (broad SMARTS) is 1. The van der Waals surface area contributed by atoms with E-state index in [2.05, 4.69) is 5.10 Å². The molecule has 3 aromatic rings. The number of sulfonamides is 1. The molecule has 0 spiro atoms. The number of rotatable bonds is 10. The zero-order valence-corrected chi connectivity index (χ0v) is 21.6. The topological polar surface area (TPSA) is 111 Å². The van der Waals surface area contributed by atoms with Crippen molar-refractivity contribution in [3.8, 4) is 11.6 Å². The van der Waals surface area contributed by atoms with Gasteiger partial charge in [0.15, 0.2) is 4.90 Å². The third kappa shape index (κ3) is 5.64. The molecule has 1 atom stereocenters. The summed E-state index contributed by atoms with van der Waals surface area (Å²) in [6, 6.07) is 8.22. The van der Waals surface area contributed by atoms with Gasteiger partial charge < -0.3 is 14.6 Å². The van der Waals surface area contributed by atoms with Crippen LogP contribution in [0.4, 0.5) is 14.5 Å². The first kappa shape index (κ1) is 27.1. The Morgan fingerprint density at radius 2 is 1.95 bits per heavy atom. The van der Waals surface area contributed by atoms with Gasteiger partial charge in [0.25, 0.3) is 15.9 Å². The van der Waals surface area contributed by atoms with Gasteiger partial charge in [-0.3, -0.25) is 13.8 Å². The Labute approximate surface area is 219 Å². The number of nitrogens with zero attached hydrogens (tertiary/aromatic N) is 3. The van der Waals surface area contributed by atoms with Crippen LogP contribution in [0.2, 0.25) is 0 Å². The van der Waals surface area contributed by atoms with E-state index in [4.69, 9.17) is 14.6 Å². The molecule has 0 aliphatic carbocycles. The van der Waals surface area contributed by atoms with Crippen molar-refractivity contribution >= 4 is 33.8 Å². The Morgan fingerprint density at radius 3 is 2.61 bits per heavy atom. The number of carboxylic acids is 1. The lowest BCUT2D eigenvalue weighted by Gasteiger charge is -2.35. The summed E-state index contributed by atoms with van der Waals surface area (Å²) in [6.45, 7) is 3.98. The van der Waals surface area contributed by atoms with Crippen molar-refractivity contribution in [2.24, 2.45) is 0 Å². The smallest absolute Gasteiger partial charge is 0.303 e. The molecule has 1 aliphatic heterocycles. The summed E-state index contributed by atoms with van der Waals surface area (Å²) in [7, 11) is -4.23. The van der Waals surface area contributed by atoms with Crippen molar-refractivity contribution in [3.05, 3.63) is 65.4 Å². The molecule has 38 heavy (non-hydrogen) atoms. The van der Waals surface area contributed by atoms with Crippen molar-refractivity contribution < 1.29 is 36.6 Å². The van der Waals surface area contributed by atoms with Gasteiger partial charge in [-0.1, -0.05) is 18.2 Å². The van der Waals surface area contributed by atoms with Crippen molar-refractivity contribution in [2.75, 3.05) is 17.5 Å². The summed E-state index contributed by atoms with van der Waals surface area (Å²) < 4.78 is 70.1. The van der Waals surface area contributed by atoms with Crippen molar-refractivity contribution in [3.63, 3.8) is 0 Å². The highest BCUT2D eigenvalue weighted by molar-refractivity contribution is 7.93. The van der Waals surface area contributed by atoms with Gasteiger partial charge in [0.05, 0.1) is 18.8 Å². The Bertz CT molecular complexity index is 1450. The van der Waals surface area contributed by atoms with E-state index in [1.165, 1.54) is 35.2 Å². The van der Waals surface area contributed by atoms with Gasteiger partial charge in [0.1, 0.15) is 23.5 Å². The average molecular weight is 548 g/mol. The predicted molar refractivity (Wildman–Crippen MR) is 137 cm³/mol. The minimum atomic E-state index is -4.23. The summed E-state index contributed by atoms with van der Waals surface area (Å²) in [5.74, 6) is -2.31. The predicted octanol–water partition coefficient (Wildman–Crippen LogP) is 4.57. The van der Waals surface area contributed by atoms with Gasteiger partial charge >= 0.3 is 5.97 Å². The molecular weight excluding hydrogens is 520 g/mol. The second-order valence-corrected chi connectivity index (χ2v) is 10.3. The van der Waals surface area contributed by atoms with E-state index in [1.54, 1.807) is 19.1 Å². The van der Waals surface area contributed by atoms with E-state index in [1.807, 2.05) is 6.92 Å². The van der Waals surface area contributed by atoms with Crippen LogP contribution in [0.3, 0.4) is 0 Å². The van der Waals surface area contributed by atoms with Crippen molar-refractivity contribution in [2.45, 2.75) is 44.2 Å². The van der Waals surface area contributed by atoms with E-state index in [-0.39, 0.29) is 53.8 Å². The van der Waals surface area contributed by atoms with Gasteiger partial charge in [0, 0.05) is 24.7 Å². The second-order valence-electron chi connectivity index (χ2n) is 8.49. The molecule has 2 aromatic carbocycles. The zero-order valence-electron chi connectivity index (χ0n) is 20.8. The quantitative estimate of drug-likeness (QED) is 0.370. The van der Waals surface area contributed by atoms with Gasteiger partial charge in [-0.15, -0.1) is 5.10 Å². The minimum Gasteiger partial charge on any atom is -0.486 e. The summed E-state index contributed by atoms with van der Waals surface area (Å²) >= 11 is 0. The number of benzene rings is 2. The molecule has 0 bridgehead atoms. The molecule has 1 aliphatic rings. The lowest BCUT2D eigenvalue weighted by atomic mass is 10.1. The van der Waals surface area contributed by atoms with E-state index in [0.29, 0.717) is 12.1 Å². The highest BCUT2D eigenvalue weighted by atomic mass is 32.2. The van der Waals surface area contributed by atoms with Crippen molar-refractivity contribution in [1.82, 2.24) is 9.78 Å². The number of hydrogen-bond acceptors (Lipinski definition) is 6. The summed E-state index contributed by atoms with van der Waals surface area (Å²) in [6.07, 6.45) is 3.26. The van der Waals surface area contributed by atoms with Crippen LogP contribution in [0.25, 0.3) is 12.2 Å². The highest BCUT2D eigenvalue weighted by Gasteiger charge is 2.37. The molecule has 0 saturated heterocycles. The first-order valence-corrected chi connectivity index (χ1v) is 13.5. The molecule has 2 heterocycles. The van der Waals surface area contributed by atoms with E-state index in [9.17, 15) is 22.0 Å².